The first kappa shape index (κ1) is 10.6. The van der Waals surface area contributed by atoms with Crippen molar-refractivity contribution < 1.29 is 5.11 Å². The third-order valence-corrected chi connectivity index (χ3v) is 2.70. The van der Waals surface area contributed by atoms with Crippen LogP contribution in [0.25, 0.3) is 0 Å². The van der Waals surface area contributed by atoms with E-state index < -0.39 is 0 Å². The summed E-state index contributed by atoms with van der Waals surface area (Å²) in [7, 11) is 0. The predicted molar refractivity (Wildman–Crippen MR) is 56.2 cm³/mol. The molecule has 0 bridgehead atoms. The van der Waals surface area contributed by atoms with Crippen molar-refractivity contribution in [3.63, 3.8) is 0 Å². The maximum absolute atomic E-state index is 9.68. The van der Waals surface area contributed by atoms with Gasteiger partial charge < -0.3 is 5.11 Å². The molecular weight excluding hydrogens is 184 g/mol. The molecule has 0 aliphatic heterocycles. The summed E-state index contributed by atoms with van der Waals surface area (Å²) in [6, 6.07) is 3.87. The van der Waals surface area contributed by atoms with Crippen molar-refractivity contribution in [3.8, 4) is 0 Å². The van der Waals surface area contributed by atoms with Gasteiger partial charge in [-0.05, 0) is 43.0 Å². The van der Waals surface area contributed by atoms with Gasteiger partial charge in [0.25, 0.3) is 0 Å². The fourth-order valence-corrected chi connectivity index (χ4v) is 1.60. The second kappa shape index (κ2) is 4.12. The molecule has 0 radical (unpaired) electrons. The Balaban J connectivity index is 3.15. The monoisotopic (exact) mass is 198 g/mol. The van der Waals surface area contributed by atoms with Gasteiger partial charge >= 0.3 is 0 Å². The molecule has 0 spiro atoms. The SMILES string of the molecule is CC[C@@H](O)c1cc(C)c(Cl)cc1C. The van der Waals surface area contributed by atoms with Crippen LogP contribution in [0.4, 0.5) is 0 Å². The first-order valence-electron chi connectivity index (χ1n) is 4.51. The van der Waals surface area contributed by atoms with Crippen LogP contribution in [0.1, 0.15) is 36.1 Å². The minimum atomic E-state index is -0.365. The molecular formula is C11H15ClO. The first-order chi connectivity index (χ1) is 6.06. The van der Waals surface area contributed by atoms with E-state index in [4.69, 9.17) is 11.6 Å². The minimum Gasteiger partial charge on any atom is -0.388 e. The van der Waals surface area contributed by atoms with Crippen LogP contribution in [0.2, 0.25) is 5.02 Å². The smallest absolute Gasteiger partial charge is 0.0790 e. The fraction of sp³-hybridized carbons (Fsp3) is 0.455. The van der Waals surface area contributed by atoms with Crippen LogP contribution < -0.4 is 0 Å². The molecule has 1 atom stereocenters. The van der Waals surface area contributed by atoms with E-state index in [0.29, 0.717) is 0 Å². The standard InChI is InChI=1S/C11H15ClO/c1-4-11(13)9-5-8(3)10(12)6-7(9)2/h5-6,11,13H,4H2,1-3H3/t11-/m1/s1. The van der Waals surface area contributed by atoms with Gasteiger partial charge in [0.2, 0.25) is 0 Å². The average Bonchev–Trinajstić information content (AvgIpc) is 2.10. The normalized spacial score (nSPS) is 13.0. The summed E-state index contributed by atoms with van der Waals surface area (Å²) in [6.07, 6.45) is 0.373. The number of hydrogen-bond donors (Lipinski definition) is 1. The third kappa shape index (κ3) is 2.23. The average molecular weight is 199 g/mol. The molecule has 1 aromatic carbocycles. The summed E-state index contributed by atoms with van der Waals surface area (Å²) in [5.41, 5.74) is 3.07. The van der Waals surface area contributed by atoms with Gasteiger partial charge in [0.15, 0.2) is 0 Å². The molecule has 1 nitrogen and oxygen atoms in total. The van der Waals surface area contributed by atoms with Gasteiger partial charge in [-0.25, -0.2) is 0 Å². The van der Waals surface area contributed by atoms with Crippen molar-refractivity contribution in [2.24, 2.45) is 0 Å². The molecule has 0 fully saturated rings. The topological polar surface area (TPSA) is 20.2 Å². The van der Waals surface area contributed by atoms with Crippen molar-refractivity contribution in [3.05, 3.63) is 33.8 Å². The van der Waals surface area contributed by atoms with Crippen LogP contribution in [-0.4, -0.2) is 5.11 Å². The zero-order chi connectivity index (χ0) is 10.0. The van der Waals surface area contributed by atoms with E-state index in [0.717, 1.165) is 28.1 Å². The molecule has 0 aromatic heterocycles. The van der Waals surface area contributed by atoms with Crippen molar-refractivity contribution in [2.75, 3.05) is 0 Å². The fourth-order valence-electron chi connectivity index (χ4n) is 1.38. The summed E-state index contributed by atoms with van der Waals surface area (Å²) in [5, 5.41) is 10.5. The van der Waals surface area contributed by atoms with E-state index in [1.54, 1.807) is 0 Å². The van der Waals surface area contributed by atoms with Gasteiger partial charge in [-0.3, -0.25) is 0 Å². The van der Waals surface area contributed by atoms with E-state index in [9.17, 15) is 5.11 Å². The van der Waals surface area contributed by atoms with Gasteiger partial charge in [-0.1, -0.05) is 24.6 Å². The van der Waals surface area contributed by atoms with Crippen LogP contribution in [0.15, 0.2) is 12.1 Å². The third-order valence-electron chi connectivity index (χ3n) is 2.29. The Kier molecular flexibility index (Phi) is 3.34. The van der Waals surface area contributed by atoms with Crippen LogP contribution in [-0.2, 0) is 0 Å². The van der Waals surface area contributed by atoms with Crippen molar-refractivity contribution in [1.29, 1.82) is 0 Å². The lowest BCUT2D eigenvalue weighted by Crippen LogP contribution is -1.99. The maximum atomic E-state index is 9.68. The Morgan fingerprint density at radius 3 is 2.46 bits per heavy atom. The lowest BCUT2D eigenvalue weighted by atomic mass is 9.99. The van der Waals surface area contributed by atoms with Crippen LogP contribution in [0.5, 0.6) is 0 Å². The highest BCUT2D eigenvalue weighted by atomic mass is 35.5. The first-order valence-corrected chi connectivity index (χ1v) is 4.88. The van der Waals surface area contributed by atoms with Gasteiger partial charge in [-0.15, -0.1) is 0 Å². The summed E-state index contributed by atoms with van der Waals surface area (Å²) in [5.74, 6) is 0. The lowest BCUT2D eigenvalue weighted by Gasteiger charge is -2.13. The van der Waals surface area contributed by atoms with Crippen molar-refractivity contribution in [2.45, 2.75) is 33.3 Å². The number of hydrogen-bond acceptors (Lipinski definition) is 1. The molecule has 0 amide bonds. The molecule has 0 aliphatic rings. The molecule has 13 heavy (non-hydrogen) atoms. The zero-order valence-electron chi connectivity index (χ0n) is 8.26. The molecule has 0 aliphatic carbocycles. The molecule has 0 saturated carbocycles. The number of halogens is 1. The Morgan fingerprint density at radius 1 is 1.31 bits per heavy atom. The maximum Gasteiger partial charge on any atom is 0.0790 e. The second-order valence-electron chi connectivity index (χ2n) is 3.38. The summed E-state index contributed by atoms with van der Waals surface area (Å²) in [6.45, 7) is 5.89. The highest BCUT2D eigenvalue weighted by Crippen LogP contribution is 2.26. The lowest BCUT2D eigenvalue weighted by molar-refractivity contribution is 0.173. The number of aryl methyl sites for hydroxylation is 2. The number of aliphatic hydroxyl groups is 1. The quantitative estimate of drug-likeness (QED) is 0.773. The van der Waals surface area contributed by atoms with Crippen molar-refractivity contribution in [1.82, 2.24) is 0 Å². The molecule has 1 N–H and O–H groups in total. The molecule has 0 unspecified atom stereocenters. The van der Waals surface area contributed by atoms with Gasteiger partial charge in [0.05, 0.1) is 6.10 Å². The number of benzene rings is 1. The van der Waals surface area contributed by atoms with Gasteiger partial charge in [0, 0.05) is 5.02 Å². The van der Waals surface area contributed by atoms with Crippen molar-refractivity contribution >= 4 is 11.6 Å². The van der Waals surface area contributed by atoms with E-state index in [1.807, 2.05) is 32.9 Å². The summed E-state index contributed by atoms with van der Waals surface area (Å²) in [4.78, 5) is 0. The van der Waals surface area contributed by atoms with E-state index in [2.05, 4.69) is 0 Å². The Labute approximate surface area is 84.4 Å². The van der Waals surface area contributed by atoms with Crippen LogP contribution in [0.3, 0.4) is 0 Å². The van der Waals surface area contributed by atoms with E-state index in [1.165, 1.54) is 0 Å². The molecule has 72 valence electrons. The van der Waals surface area contributed by atoms with Crippen LogP contribution in [0, 0.1) is 13.8 Å². The second-order valence-corrected chi connectivity index (χ2v) is 3.79. The molecule has 2 heteroatoms. The summed E-state index contributed by atoms with van der Waals surface area (Å²) >= 11 is 5.95. The van der Waals surface area contributed by atoms with E-state index >= 15 is 0 Å². The number of aliphatic hydroxyl groups excluding tert-OH is 1. The van der Waals surface area contributed by atoms with Crippen LogP contribution >= 0.6 is 11.6 Å². The largest absolute Gasteiger partial charge is 0.388 e. The molecule has 0 saturated heterocycles. The molecule has 1 aromatic rings. The predicted octanol–water partition coefficient (Wildman–Crippen LogP) is 3.40. The molecule has 0 heterocycles. The number of rotatable bonds is 2. The highest BCUT2D eigenvalue weighted by Gasteiger charge is 2.09. The van der Waals surface area contributed by atoms with Gasteiger partial charge in [0.1, 0.15) is 0 Å². The minimum absolute atomic E-state index is 0.365. The van der Waals surface area contributed by atoms with E-state index in [-0.39, 0.29) is 6.10 Å². The highest BCUT2D eigenvalue weighted by molar-refractivity contribution is 6.31. The Morgan fingerprint density at radius 2 is 1.92 bits per heavy atom. The van der Waals surface area contributed by atoms with Gasteiger partial charge in [-0.2, -0.15) is 0 Å². The summed E-state index contributed by atoms with van der Waals surface area (Å²) < 4.78 is 0. The zero-order valence-corrected chi connectivity index (χ0v) is 9.02. The molecule has 1 rings (SSSR count). The Hall–Kier alpha value is -0.530. The Bertz CT molecular complexity index is 307.